The van der Waals surface area contributed by atoms with Gasteiger partial charge < -0.3 is 0 Å². The fraction of sp³-hybridized carbons (Fsp3) is 0.250. The van der Waals surface area contributed by atoms with Gasteiger partial charge in [0, 0.05) is 0 Å². The van der Waals surface area contributed by atoms with Gasteiger partial charge in [0.25, 0.3) is 0 Å². The summed E-state index contributed by atoms with van der Waals surface area (Å²) in [6.07, 6.45) is 2.11. The molecule has 0 aliphatic rings. The average molecular weight is 414 g/mol. The summed E-state index contributed by atoms with van der Waals surface area (Å²) >= 11 is 10.8. The van der Waals surface area contributed by atoms with E-state index in [1.54, 1.807) is 0 Å². The second kappa shape index (κ2) is 8.28. The van der Waals surface area contributed by atoms with Gasteiger partial charge in [0.1, 0.15) is 0 Å². The van der Waals surface area contributed by atoms with Crippen LogP contribution < -0.4 is 0 Å². The van der Waals surface area contributed by atoms with E-state index in [1.165, 1.54) is 11.1 Å². The Bertz CT molecular complexity index is 480. The van der Waals surface area contributed by atoms with E-state index in [1.807, 2.05) is 24.3 Å². The Hall–Kier alpha value is -0.221. The third-order valence-corrected chi connectivity index (χ3v) is 5.48. The SMILES string of the molecule is [OH][Sn][CH2]CCC(c1ccc(Cl)cc1)c1ccc(Cl)cc1. The first-order valence-corrected chi connectivity index (χ1v) is 10.6. The van der Waals surface area contributed by atoms with E-state index in [4.69, 9.17) is 26.6 Å². The molecular formula is C16H16Cl2OSn. The van der Waals surface area contributed by atoms with Crippen molar-refractivity contribution in [3.05, 3.63) is 69.7 Å². The molecule has 2 radical (unpaired) electrons. The standard InChI is InChI=1S/C16H15Cl2.H2O.Sn/c1-2-3-16(12-4-8-14(17)9-5-12)13-6-10-15(18)11-7-13;;/h4-11,16H,1-3H2;1H2;/q;;+1/p-1. The van der Waals surface area contributed by atoms with Gasteiger partial charge in [0.2, 0.25) is 0 Å². The summed E-state index contributed by atoms with van der Waals surface area (Å²) in [6.45, 7) is 0. The Morgan fingerprint density at radius 2 is 1.30 bits per heavy atom. The average Bonchev–Trinajstić information content (AvgIpc) is 2.46. The van der Waals surface area contributed by atoms with Crippen LogP contribution in [0.3, 0.4) is 0 Å². The zero-order valence-corrected chi connectivity index (χ0v) is 15.4. The summed E-state index contributed by atoms with van der Waals surface area (Å²) in [6, 6.07) is 16.1. The monoisotopic (exact) mass is 414 g/mol. The Morgan fingerprint density at radius 1 is 0.850 bits per heavy atom. The predicted octanol–water partition coefficient (Wildman–Crippen LogP) is 4.94. The number of hydrogen-bond acceptors (Lipinski definition) is 1. The maximum atomic E-state index is 9.13. The molecule has 0 spiro atoms. The number of rotatable bonds is 6. The van der Waals surface area contributed by atoms with Crippen molar-refractivity contribution >= 4 is 44.8 Å². The number of halogens is 2. The number of hydrogen-bond donors (Lipinski definition) is 1. The van der Waals surface area contributed by atoms with Crippen molar-refractivity contribution < 1.29 is 3.44 Å². The molecule has 0 aliphatic heterocycles. The Balaban J connectivity index is 2.23. The first-order chi connectivity index (χ1) is 9.70. The van der Waals surface area contributed by atoms with Crippen LogP contribution in [0.1, 0.15) is 29.9 Å². The molecule has 20 heavy (non-hydrogen) atoms. The van der Waals surface area contributed by atoms with Crippen molar-refractivity contribution in [1.82, 2.24) is 0 Å². The fourth-order valence-corrected chi connectivity index (χ4v) is 3.59. The van der Waals surface area contributed by atoms with Gasteiger partial charge in [-0.1, -0.05) is 0 Å². The van der Waals surface area contributed by atoms with Crippen LogP contribution in [-0.4, -0.2) is 25.0 Å². The van der Waals surface area contributed by atoms with E-state index in [0.29, 0.717) is 5.92 Å². The van der Waals surface area contributed by atoms with Crippen molar-refractivity contribution in [3.63, 3.8) is 0 Å². The minimum atomic E-state index is -1.09. The van der Waals surface area contributed by atoms with Crippen LogP contribution in [0, 0.1) is 0 Å². The molecule has 0 saturated carbocycles. The zero-order valence-electron chi connectivity index (χ0n) is 11.0. The van der Waals surface area contributed by atoms with Crippen molar-refractivity contribution in [2.24, 2.45) is 0 Å². The molecule has 2 rings (SSSR count). The molecule has 0 saturated heterocycles. The summed E-state index contributed by atoms with van der Waals surface area (Å²) in [7, 11) is 0. The molecular weight excluding hydrogens is 398 g/mol. The van der Waals surface area contributed by atoms with Crippen LogP contribution in [0.2, 0.25) is 14.5 Å². The Labute approximate surface area is 140 Å². The second-order valence-electron chi connectivity index (χ2n) is 4.71. The maximum absolute atomic E-state index is 9.13. The van der Waals surface area contributed by atoms with E-state index in [9.17, 15) is 0 Å². The summed E-state index contributed by atoms with van der Waals surface area (Å²) < 4.78 is 10.1. The van der Waals surface area contributed by atoms with E-state index >= 15 is 0 Å². The van der Waals surface area contributed by atoms with Gasteiger partial charge in [0.05, 0.1) is 0 Å². The van der Waals surface area contributed by atoms with Crippen LogP contribution in [0.5, 0.6) is 0 Å². The Kier molecular flexibility index (Phi) is 6.69. The first kappa shape index (κ1) is 16.2. The molecule has 1 nitrogen and oxygen atoms in total. The van der Waals surface area contributed by atoms with Gasteiger partial charge in [-0.25, -0.2) is 0 Å². The van der Waals surface area contributed by atoms with Gasteiger partial charge >= 0.3 is 141 Å². The molecule has 0 fully saturated rings. The van der Waals surface area contributed by atoms with Crippen molar-refractivity contribution in [3.8, 4) is 0 Å². The molecule has 4 heteroatoms. The molecule has 0 heterocycles. The summed E-state index contributed by atoms with van der Waals surface area (Å²) in [4.78, 5) is 0. The van der Waals surface area contributed by atoms with Gasteiger partial charge in [-0.3, -0.25) is 0 Å². The van der Waals surface area contributed by atoms with Gasteiger partial charge in [-0.15, -0.1) is 0 Å². The van der Waals surface area contributed by atoms with Crippen LogP contribution in [-0.2, 0) is 0 Å². The van der Waals surface area contributed by atoms with Crippen LogP contribution in [0.25, 0.3) is 0 Å². The molecule has 1 N–H and O–H groups in total. The second-order valence-corrected chi connectivity index (χ2v) is 7.91. The van der Waals surface area contributed by atoms with Crippen molar-refractivity contribution in [2.45, 2.75) is 23.2 Å². The summed E-state index contributed by atoms with van der Waals surface area (Å²) in [5, 5.41) is 1.51. The minimum absolute atomic E-state index is 0.343. The van der Waals surface area contributed by atoms with E-state index in [0.717, 1.165) is 27.3 Å². The van der Waals surface area contributed by atoms with E-state index < -0.39 is 21.6 Å². The van der Waals surface area contributed by atoms with Crippen LogP contribution in [0.15, 0.2) is 48.5 Å². The van der Waals surface area contributed by atoms with Crippen LogP contribution >= 0.6 is 23.2 Å². The van der Waals surface area contributed by atoms with Gasteiger partial charge in [0.15, 0.2) is 0 Å². The molecule has 0 bridgehead atoms. The molecule has 0 unspecified atom stereocenters. The Morgan fingerprint density at radius 3 is 1.70 bits per heavy atom. The van der Waals surface area contributed by atoms with Gasteiger partial charge in [-0.05, 0) is 0 Å². The van der Waals surface area contributed by atoms with E-state index in [-0.39, 0.29) is 0 Å². The first-order valence-electron chi connectivity index (χ1n) is 6.58. The third-order valence-electron chi connectivity index (χ3n) is 3.33. The zero-order chi connectivity index (χ0) is 14.4. The van der Waals surface area contributed by atoms with E-state index in [2.05, 4.69) is 24.3 Å². The number of benzene rings is 2. The molecule has 104 valence electrons. The van der Waals surface area contributed by atoms with Gasteiger partial charge in [-0.2, -0.15) is 0 Å². The summed E-state index contributed by atoms with van der Waals surface area (Å²) in [5.74, 6) is 0.343. The summed E-state index contributed by atoms with van der Waals surface area (Å²) in [5.41, 5.74) is 2.53. The topological polar surface area (TPSA) is 20.2 Å². The van der Waals surface area contributed by atoms with Crippen LogP contribution in [0.4, 0.5) is 0 Å². The predicted molar refractivity (Wildman–Crippen MR) is 86.8 cm³/mol. The molecule has 0 aromatic heterocycles. The van der Waals surface area contributed by atoms with Crippen molar-refractivity contribution in [2.75, 3.05) is 0 Å². The molecule has 0 aliphatic carbocycles. The third kappa shape index (κ3) is 4.66. The molecule has 2 aromatic rings. The molecule has 0 atom stereocenters. The molecule has 0 amide bonds. The normalized spacial score (nSPS) is 11.0. The quantitative estimate of drug-likeness (QED) is 0.525. The molecule has 2 aromatic carbocycles. The fourth-order valence-electron chi connectivity index (χ4n) is 2.30. The van der Waals surface area contributed by atoms with Crippen molar-refractivity contribution in [1.29, 1.82) is 0 Å².